The number of rotatable bonds is 16. The smallest absolute Gasteiger partial charge is 0.333 e. The standard InChI is InChI=1S/C66H104O26/c1-15-28(3)55(80)88-49-31(6)83-59(48(79)51(49)89-56(81)29(4)16-2)92-53-54(84-32(7)70)66(27-69)34(23-61(53,8)9)33-17-18-38-63(12)21-20-40(62(10,11)37(63)19-22-64(38,13)65(33,14)24-39(66)71)87-60-52(91-58-47(78)45(76)42(73)35(25-67)85-58)50(43(74)36(26-68)86-60)90-57-46(77)44(75)41(72)30(5)82-57/h15-17,30-31,34-54,57-60,67-69,71-79H,18-27H2,1-14H3. The molecule has 4 aliphatic heterocycles. The molecule has 26 nitrogen and oxygen atoms in total. The Morgan fingerprint density at radius 3 is 1.68 bits per heavy atom. The topological polar surface area (TPSA) is 396 Å². The lowest BCUT2D eigenvalue weighted by Crippen LogP contribution is -2.73. The molecule has 4 saturated carbocycles. The number of aliphatic hydroxyl groups is 12. The highest BCUT2D eigenvalue weighted by molar-refractivity contribution is 5.88. The van der Waals surface area contributed by atoms with E-state index in [9.17, 15) is 75.7 Å². The Bertz CT molecular complexity index is 2740. The number of hydrogen-bond donors (Lipinski definition) is 12. The summed E-state index contributed by atoms with van der Waals surface area (Å²) in [6, 6.07) is 0. The van der Waals surface area contributed by atoms with Crippen LogP contribution in [0.5, 0.6) is 0 Å². The van der Waals surface area contributed by atoms with E-state index < -0.39 is 223 Å². The molecule has 0 spiro atoms. The van der Waals surface area contributed by atoms with Crippen molar-refractivity contribution in [3.63, 3.8) is 0 Å². The number of aliphatic hydroxyl groups excluding tert-OH is 12. The van der Waals surface area contributed by atoms with Crippen LogP contribution in [0.15, 0.2) is 34.9 Å². The summed E-state index contributed by atoms with van der Waals surface area (Å²) in [5.41, 5.74) is -3.24. The van der Waals surface area contributed by atoms with Gasteiger partial charge in [0.2, 0.25) is 0 Å². The number of allylic oxidation sites excluding steroid dienone is 4. The first-order chi connectivity index (χ1) is 43.0. The van der Waals surface area contributed by atoms with Crippen molar-refractivity contribution in [1.29, 1.82) is 0 Å². The van der Waals surface area contributed by atoms with Crippen LogP contribution >= 0.6 is 0 Å². The lowest BCUT2D eigenvalue weighted by Gasteiger charge is -2.72. The van der Waals surface area contributed by atoms with Crippen molar-refractivity contribution in [2.75, 3.05) is 19.8 Å². The summed E-state index contributed by atoms with van der Waals surface area (Å²) in [7, 11) is 0. The summed E-state index contributed by atoms with van der Waals surface area (Å²) < 4.78 is 68.8. The number of esters is 3. The molecule has 8 fully saturated rings. The van der Waals surface area contributed by atoms with Crippen molar-refractivity contribution in [3.8, 4) is 0 Å². The predicted molar refractivity (Wildman–Crippen MR) is 320 cm³/mol. The van der Waals surface area contributed by atoms with E-state index in [-0.39, 0.29) is 29.4 Å². The van der Waals surface area contributed by atoms with Gasteiger partial charge in [-0.05, 0) is 131 Å². The largest absolute Gasteiger partial charge is 0.459 e. The first-order valence-electron chi connectivity index (χ1n) is 32.7. The minimum absolute atomic E-state index is 0.00200. The zero-order valence-electron chi connectivity index (χ0n) is 55.5. The van der Waals surface area contributed by atoms with Gasteiger partial charge in [-0.25, -0.2) is 9.59 Å². The molecule has 92 heavy (non-hydrogen) atoms. The number of carbonyl (C=O) groups excluding carboxylic acids is 3. The third kappa shape index (κ3) is 12.3. The van der Waals surface area contributed by atoms with Crippen LogP contribution in [0.2, 0.25) is 0 Å². The predicted octanol–water partition coefficient (Wildman–Crippen LogP) is 1.01. The Morgan fingerprint density at radius 2 is 1.10 bits per heavy atom. The lowest BCUT2D eigenvalue weighted by molar-refractivity contribution is -0.398. The lowest BCUT2D eigenvalue weighted by atomic mass is 9.33. The van der Waals surface area contributed by atoms with E-state index in [1.807, 2.05) is 13.8 Å². The second kappa shape index (κ2) is 27.3. The van der Waals surface area contributed by atoms with E-state index in [0.29, 0.717) is 38.5 Å². The summed E-state index contributed by atoms with van der Waals surface area (Å²) >= 11 is 0. The first-order valence-corrected chi connectivity index (χ1v) is 32.7. The van der Waals surface area contributed by atoms with Gasteiger partial charge in [-0.1, -0.05) is 72.3 Å². The zero-order chi connectivity index (χ0) is 68.0. The van der Waals surface area contributed by atoms with Gasteiger partial charge in [0.1, 0.15) is 85.5 Å². The normalized spacial score (nSPS) is 49.4. The third-order valence-corrected chi connectivity index (χ3v) is 23.9. The Morgan fingerprint density at radius 1 is 0.554 bits per heavy atom. The molecule has 9 aliphatic rings. The molecule has 12 N–H and O–H groups in total. The Balaban J connectivity index is 1.01. The quantitative estimate of drug-likeness (QED) is 0.0337. The Labute approximate surface area is 538 Å². The molecular weight excluding hydrogens is 1210 g/mol. The number of fused-ring (bicyclic) bond motifs is 7. The first kappa shape index (κ1) is 73.1. The number of hydrogen-bond acceptors (Lipinski definition) is 26. The summed E-state index contributed by atoms with van der Waals surface area (Å²) in [6.45, 7) is 23.3. The maximum absolute atomic E-state index is 13.5. The monoisotopic (exact) mass is 1310 g/mol. The molecule has 4 heterocycles. The van der Waals surface area contributed by atoms with E-state index in [2.05, 4.69) is 40.7 Å². The summed E-state index contributed by atoms with van der Waals surface area (Å²) in [5.74, 6) is -2.82. The van der Waals surface area contributed by atoms with Crippen molar-refractivity contribution in [2.45, 2.75) is 289 Å². The molecule has 26 heteroatoms. The average Bonchev–Trinajstić information content (AvgIpc) is 0.670. The van der Waals surface area contributed by atoms with Gasteiger partial charge in [0.25, 0.3) is 0 Å². The molecule has 524 valence electrons. The third-order valence-electron chi connectivity index (χ3n) is 23.9. The fourth-order valence-corrected chi connectivity index (χ4v) is 18.1. The summed E-state index contributed by atoms with van der Waals surface area (Å²) in [4.78, 5) is 40.1. The zero-order valence-corrected chi connectivity index (χ0v) is 55.5. The van der Waals surface area contributed by atoms with Crippen molar-refractivity contribution >= 4 is 17.9 Å². The van der Waals surface area contributed by atoms with Crippen molar-refractivity contribution in [1.82, 2.24) is 0 Å². The van der Waals surface area contributed by atoms with Gasteiger partial charge in [-0.3, -0.25) is 4.79 Å². The van der Waals surface area contributed by atoms with Gasteiger partial charge in [0.15, 0.2) is 37.4 Å². The maximum Gasteiger partial charge on any atom is 0.333 e. The van der Waals surface area contributed by atoms with Gasteiger partial charge in [-0.2, -0.15) is 0 Å². The molecule has 31 unspecified atom stereocenters. The average molecular weight is 1310 g/mol. The Hall–Kier alpha value is -3.17. The molecular formula is C66H104O26. The van der Waals surface area contributed by atoms with E-state index in [1.165, 1.54) is 26.8 Å². The van der Waals surface area contributed by atoms with Crippen LogP contribution in [0.1, 0.15) is 142 Å². The minimum atomic E-state index is -1.94. The highest BCUT2D eigenvalue weighted by Crippen LogP contribution is 2.76. The molecule has 0 aromatic heterocycles. The maximum atomic E-state index is 13.5. The SMILES string of the molecule is CC=C(C)C(=O)OC1C(C)OC(OC2C(OC(C)=O)C3(CO)C(O)CC4(C)C(=CCC5C6(C)CCC(OC7OC(CO)C(O)C(OC8OC(C)C(O)C(O)C8O)C7OC7OC(CO)C(O)C(O)C7O)C(C)(C)C6CCC54C)C3CC2(C)C)C(O)C1OC(=O)C(C)=CC. The van der Waals surface area contributed by atoms with Crippen molar-refractivity contribution < 1.29 is 128 Å². The molecule has 0 radical (unpaired) electrons. The highest BCUT2D eigenvalue weighted by atomic mass is 16.8. The van der Waals surface area contributed by atoms with Gasteiger partial charge in [-0.15, -0.1) is 0 Å². The van der Waals surface area contributed by atoms with Crippen LogP contribution in [0, 0.1) is 50.2 Å². The molecule has 0 aromatic carbocycles. The van der Waals surface area contributed by atoms with E-state index in [1.54, 1.807) is 33.8 Å². The molecule has 0 aromatic rings. The van der Waals surface area contributed by atoms with Gasteiger partial charge in [0.05, 0.1) is 49.7 Å². The molecule has 31 atom stereocenters. The van der Waals surface area contributed by atoms with Crippen LogP contribution in [0.25, 0.3) is 0 Å². The second-order valence-corrected chi connectivity index (χ2v) is 29.8. The van der Waals surface area contributed by atoms with Crippen molar-refractivity contribution in [3.05, 3.63) is 34.9 Å². The molecule has 0 amide bonds. The fourth-order valence-electron chi connectivity index (χ4n) is 18.1. The van der Waals surface area contributed by atoms with Crippen LogP contribution < -0.4 is 0 Å². The molecule has 9 rings (SSSR count). The fraction of sp³-hybridized carbons (Fsp3) is 0.864. The van der Waals surface area contributed by atoms with Gasteiger partial charge in [0, 0.05) is 18.1 Å². The van der Waals surface area contributed by atoms with Gasteiger partial charge < -0.3 is 113 Å². The second-order valence-electron chi connectivity index (χ2n) is 29.8. The molecule has 4 saturated heterocycles. The minimum Gasteiger partial charge on any atom is -0.459 e. The number of carbonyl (C=O) groups is 3. The van der Waals surface area contributed by atoms with Crippen molar-refractivity contribution in [2.24, 2.45) is 50.2 Å². The van der Waals surface area contributed by atoms with Crippen LogP contribution in [0.4, 0.5) is 0 Å². The Kier molecular flexibility index (Phi) is 21.7. The van der Waals surface area contributed by atoms with Gasteiger partial charge >= 0.3 is 17.9 Å². The van der Waals surface area contributed by atoms with E-state index in [0.717, 1.165) is 5.57 Å². The van der Waals surface area contributed by atoms with Crippen LogP contribution in [0.3, 0.4) is 0 Å². The highest BCUT2D eigenvalue weighted by Gasteiger charge is 2.74. The number of ether oxygens (including phenoxy) is 11. The summed E-state index contributed by atoms with van der Waals surface area (Å²) in [6.07, 6.45) is -27.5. The molecule has 0 bridgehead atoms. The van der Waals surface area contributed by atoms with E-state index >= 15 is 0 Å². The summed E-state index contributed by atoms with van der Waals surface area (Å²) in [5, 5.41) is 135. The molecule has 5 aliphatic carbocycles. The van der Waals surface area contributed by atoms with Crippen LogP contribution in [-0.2, 0) is 66.5 Å². The van der Waals surface area contributed by atoms with E-state index in [4.69, 9.17) is 52.1 Å². The van der Waals surface area contributed by atoms with Crippen LogP contribution in [-0.4, -0.2) is 246 Å².